The fraction of sp³-hybridized carbons (Fsp3) is 0.800. The molecule has 0 aromatic rings. The van der Waals surface area contributed by atoms with Crippen LogP contribution in [0.5, 0.6) is 0 Å². The molecule has 0 saturated carbocycles. The van der Waals surface area contributed by atoms with Gasteiger partial charge in [-0.05, 0) is 34.2 Å². The van der Waals surface area contributed by atoms with Crippen LogP contribution in [0, 0.1) is 0 Å². The monoisotopic (exact) mass is 216 g/mol. The molecule has 0 aromatic heterocycles. The molecule has 0 unspecified atom stereocenters. The molecule has 0 aromatic carbocycles. The van der Waals surface area contributed by atoms with Crippen LogP contribution in [0.4, 0.5) is 0 Å². The summed E-state index contributed by atoms with van der Waals surface area (Å²) in [6.07, 6.45) is 0.548. The van der Waals surface area contributed by atoms with Gasteiger partial charge in [-0.15, -0.1) is 0 Å². The van der Waals surface area contributed by atoms with Gasteiger partial charge in [0.2, 0.25) is 5.91 Å². The standard InChI is InChI=1S/C10H20N2O3/c1-10(2,3)15-8(13)6-5-7(12-4)9(11)14/h7,12H,5-6H2,1-4H3,(H2,11,14)/t7-/m0/s1. The number of carbonyl (C=O) groups is 2. The predicted octanol–water partition coefficient (Wildman–Crippen LogP) is 0.182. The second kappa shape index (κ2) is 5.70. The van der Waals surface area contributed by atoms with E-state index in [1.807, 2.05) is 0 Å². The van der Waals surface area contributed by atoms with Gasteiger partial charge in [0.05, 0.1) is 6.04 Å². The largest absolute Gasteiger partial charge is 0.460 e. The average molecular weight is 216 g/mol. The summed E-state index contributed by atoms with van der Waals surface area (Å²) in [7, 11) is 1.63. The van der Waals surface area contributed by atoms with E-state index in [0.29, 0.717) is 6.42 Å². The first-order valence-electron chi connectivity index (χ1n) is 4.94. The van der Waals surface area contributed by atoms with Crippen molar-refractivity contribution >= 4 is 11.9 Å². The summed E-state index contributed by atoms with van der Waals surface area (Å²) in [5.74, 6) is -0.773. The van der Waals surface area contributed by atoms with Crippen LogP contribution in [0.15, 0.2) is 0 Å². The van der Waals surface area contributed by atoms with Gasteiger partial charge in [-0.1, -0.05) is 0 Å². The minimum Gasteiger partial charge on any atom is -0.460 e. The molecule has 0 aliphatic rings. The summed E-state index contributed by atoms with van der Waals surface area (Å²) in [4.78, 5) is 22.1. The fourth-order valence-electron chi connectivity index (χ4n) is 1.08. The van der Waals surface area contributed by atoms with Crippen LogP contribution in [0.25, 0.3) is 0 Å². The van der Waals surface area contributed by atoms with Gasteiger partial charge in [0.25, 0.3) is 0 Å². The Labute approximate surface area is 90.4 Å². The third-order valence-corrected chi connectivity index (χ3v) is 1.75. The molecule has 88 valence electrons. The van der Waals surface area contributed by atoms with E-state index in [1.165, 1.54) is 0 Å². The molecule has 0 rings (SSSR count). The van der Waals surface area contributed by atoms with E-state index < -0.39 is 17.6 Å². The molecule has 5 heteroatoms. The second-order valence-electron chi connectivity index (χ2n) is 4.37. The van der Waals surface area contributed by atoms with Crippen LogP contribution in [-0.4, -0.2) is 30.6 Å². The van der Waals surface area contributed by atoms with Crippen molar-refractivity contribution in [1.82, 2.24) is 5.32 Å². The van der Waals surface area contributed by atoms with Crippen LogP contribution >= 0.6 is 0 Å². The van der Waals surface area contributed by atoms with Gasteiger partial charge in [0.15, 0.2) is 0 Å². The maximum Gasteiger partial charge on any atom is 0.306 e. The van der Waals surface area contributed by atoms with Crippen LogP contribution < -0.4 is 11.1 Å². The Morgan fingerprint density at radius 2 is 1.93 bits per heavy atom. The van der Waals surface area contributed by atoms with Crippen LogP contribution in [0.3, 0.4) is 0 Å². The van der Waals surface area contributed by atoms with Crippen LogP contribution in [0.1, 0.15) is 33.6 Å². The number of esters is 1. The minimum atomic E-state index is -0.487. The summed E-state index contributed by atoms with van der Waals surface area (Å²) in [6.45, 7) is 5.40. The van der Waals surface area contributed by atoms with Crippen molar-refractivity contribution in [2.45, 2.75) is 45.3 Å². The number of hydrogen-bond donors (Lipinski definition) is 2. The van der Waals surface area contributed by atoms with Crippen molar-refractivity contribution in [2.75, 3.05) is 7.05 Å². The lowest BCUT2D eigenvalue weighted by molar-refractivity contribution is -0.155. The van der Waals surface area contributed by atoms with Crippen LogP contribution in [0.2, 0.25) is 0 Å². The maximum atomic E-state index is 11.3. The minimum absolute atomic E-state index is 0.186. The van der Waals surface area contributed by atoms with Gasteiger partial charge in [0.1, 0.15) is 5.60 Å². The van der Waals surface area contributed by atoms with Crippen molar-refractivity contribution in [3.8, 4) is 0 Å². The zero-order chi connectivity index (χ0) is 12.1. The lowest BCUT2D eigenvalue weighted by Gasteiger charge is -2.20. The molecule has 0 aliphatic heterocycles. The normalized spacial score (nSPS) is 13.3. The second-order valence-corrected chi connectivity index (χ2v) is 4.37. The van der Waals surface area contributed by atoms with E-state index in [4.69, 9.17) is 10.5 Å². The Morgan fingerprint density at radius 1 is 1.40 bits per heavy atom. The lowest BCUT2D eigenvalue weighted by atomic mass is 10.1. The molecule has 1 amide bonds. The van der Waals surface area contributed by atoms with Gasteiger partial charge in [0, 0.05) is 6.42 Å². The number of nitrogens with two attached hydrogens (primary N) is 1. The summed E-state index contributed by atoms with van der Waals surface area (Å²) >= 11 is 0. The molecule has 0 heterocycles. The van der Waals surface area contributed by atoms with E-state index in [9.17, 15) is 9.59 Å². The van der Waals surface area contributed by atoms with Crippen molar-refractivity contribution in [3.63, 3.8) is 0 Å². The van der Waals surface area contributed by atoms with Gasteiger partial charge < -0.3 is 15.8 Å². The molecular formula is C10H20N2O3. The molecule has 5 nitrogen and oxygen atoms in total. The van der Waals surface area contributed by atoms with Gasteiger partial charge >= 0.3 is 5.97 Å². The number of nitrogens with one attached hydrogen (secondary N) is 1. The Morgan fingerprint density at radius 3 is 2.27 bits per heavy atom. The first-order chi connectivity index (χ1) is 6.76. The lowest BCUT2D eigenvalue weighted by Crippen LogP contribution is -2.39. The van der Waals surface area contributed by atoms with Crippen molar-refractivity contribution in [3.05, 3.63) is 0 Å². The first-order valence-corrected chi connectivity index (χ1v) is 4.94. The maximum absolute atomic E-state index is 11.3. The quantitative estimate of drug-likeness (QED) is 0.642. The highest BCUT2D eigenvalue weighted by molar-refractivity contribution is 5.80. The number of primary amides is 1. The zero-order valence-electron chi connectivity index (χ0n) is 9.79. The van der Waals surface area contributed by atoms with Gasteiger partial charge in [-0.3, -0.25) is 9.59 Å². The third-order valence-electron chi connectivity index (χ3n) is 1.75. The SMILES string of the molecule is CN[C@@H](CCC(=O)OC(C)(C)C)C(N)=O. The van der Waals surface area contributed by atoms with Crippen molar-refractivity contribution < 1.29 is 14.3 Å². The Hall–Kier alpha value is -1.10. The topological polar surface area (TPSA) is 81.4 Å². The molecule has 15 heavy (non-hydrogen) atoms. The Kier molecular flexibility index (Phi) is 5.28. The molecular weight excluding hydrogens is 196 g/mol. The number of rotatable bonds is 5. The first kappa shape index (κ1) is 13.9. The van der Waals surface area contributed by atoms with E-state index >= 15 is 0 Å². The van der Waals surface area contributed by atoms with E-state index in [-0.39, 0.29) is 12.4 Å². The number of ether oxygens (including phenoxy) is 1. The molecule has 0 fully saturated rings. The fourth-order valence-corrected chi connectivity index (χ4v) is 1.08. The van der Waals surface area contributed by atoms with E-state index in [0.717, 1.165) is 0 Å². The molecule has 0 radical (unpaired) electrons. The summed E-state index contributed by atoms with van der Waals surface area (Å²) < 4.78 is 5.09. The molecule has 0 bridgehead atoms. The summed E-state index contributed by atoms with van der Waals surface area (Å²) in [5.41, 5.74) is 4.62. The smallest absolute Gasteiger partial charge is 0.306 e. The number of carbonyl (C=O) groups excluding carboxylic acids is 2. The average Bonchev–Trinajstić information content (AvgIpc) is 2.01. The van der Waals surface area contributed by atoms with E-state index in [1.54, 1.807) is 27.8 Å². The molecule has 3 N–H and O–H groups in total. The van der Waals surface area contributed by atoms with Crippen molar-refractivity contribution in [2.24, 2.45) is 5.73 Å². The highest BCUT2D eigenvalue weighted by Gasteiger charge is 2.19. The number of hydrogen-bond acceptors (Lipinski definition) is 4. The Bertz CT molecular complexity index is 233. The zero-order valence-corrected chi connectivity index (χ0v) is 9.79. The van der Waals surface area contributed by atoms with Gasteiger partial charge in [-0.2, -0.15) is 0 Å². The highest BCUT2D eigenvalue weighted by atomic mass is 16.6. The molecule has 1 atom stereocenters. The molecule has 0 spiro atoms. The summed E-state index contributed by atoms with van der Waals surface area (Å²) in [6, 6.07) is -0.475. The highest BCUT2D eigenvalue weighted by Crippen LogP contribution is 2.09. The predicted molar refractivity (Wildman–Crippen MR) is 57.1 cm³/mol. The number of likely N-dealkylation sites (N-methyl/N-ethyl adjacent to an activating group) is 1. The Balaban J connectivity index is 3.94. The van der Waals surface area contributed by atoms with Gasteiger partial charge in [-0.25, -0.2) is 0 Å². The van der Waals surface area contributed by atoms with E-state index in [2.05, 4.69) is 5.32 Å². The van der Waals surface area contributed by atoms with Crippen LogP contribution in [-0.2, 0) is 14.3 Å². The summed E-state index contributed by atoms with van der Waals surface area (Å²) in [5, 5.41) is 2.74. The molecule has 0 aliphatic carbocycles. The molecule has 0 saturated heterocycles. The number of amides is 1. The third kappa shape index (κ3) is 6.90. The van der Waals surface area contributed by atoms with Crippen molar-refractivity contribution in [1.29, 1.82) is 0 Å².